The van der Waals surface area contributed by atoms with E-state index in [-0.39, 0.29) is 6.42 Å². The predicted molar refractivity (Wildman–Crippen MR) is 45.3 cm³/mol. The molecule has 0 aromatic rings. The Morgan fingerprint density at radius 1 is 1.46 bits per heavy atom. The largest absolute Gasteiger partial charge is 0.481 e. The van der Waals surface area contributed by atoms with Gasteiger partial charge in [-0.05, 0) is 19.3 Å². The van der Waals surface area contributed by atoms with Crippen LogP contribution >= 0.6 is 0 Å². The Bertz CT molecular complexity index is 254. The zero-order valence-electron chi connectivity index (χ0n) is 7.19. The molecule has 0 amide bonds. The van der Waals surface area contributed by atoms with Gasteiger partial charge in [-0.15, -0.1) is 0 Å². The molecule has 0 aromatic heterocycles. The van der Waals surface area contributed by atoms with Crippen LogP contribution in [0.4, 0.5) is 0 Å². The van der Waals surface area contributed by atoms with Crippen molar-refractivity contribution in [3.8, 4) is 0 Å². The normalized spacial score (nSPS) is 18.0. The lowest BCUT2D eigenvalue weighted by Crippen LogP contribution is -2.19. The fourth-order valence-electron chi connectivity index (χ4n) is 1.56. The third kappa shape index (κ3) is 2.57. The van der Waals surface area contributed by atoms with Crippen molar-refractivity contribution >= 4 is 11.9 Å². The highest BCUT2D eigenvalue weighted by Crippen LogP contribution is 2.27. The topological polar surface area (TPSA) is 74.6 Å². The number of hydrogen-bond acceptors (Lipinski definition) is 2. The van der Waals surface area contributed by atoms with Crippen molar-refractivity contribution in [2.75, 3.05) is 0 Å². The molecule has 0 bridgehead atoms. The summed E-state index contributed by atoms with van der Waals surface area (Å²) < 4.78 is 0. The van der Waals surface area contributed by atoms with E-state index in [0.29, 0.717) is 0 Å². The summed E-state index contributed by atoms with van der Waals surface area (Å²) in [5.74, 6) is -2.91. The Morgan fingerprint density at radius 2 is 2.15 bits per heavy atom. The Kier molecular flexibility index (Phi) is 3.06. The van der Waals surface area contributed by atoms with Gasteiger partial charge in [-0.1, -0.05) is 11.6 Å². The number of rotatable bonds is 4. The van der Waals surface area contributed by atoms with E-state index in [0.717, 1.165) is 24.8 Å². The number of carbonyl (C=O) groups is 2. The molecule has 0 aromatic carbocycles. The van der Waals surface area contributed by atoms with Crippen molar-refractivity contribution in [2.24, 2.45) is 5.92 Å². The molecular formula is C9H12O4. The zero-order valence-corrected chi connectivity index (χ0v) is 7.19. The number of carboxylic acids is 2. The van der Waals surface area contributed by atoms with E-state index in [9.17, 15) is 9.59 Å². The number of aliphatic carboxylic acids is 2. The molecule has 0 aliphatic heterocycles. The number of allylic oxidation sites excluding steroid dienone is 1. The van der Waals surface area contributed by atoms with Crippen LogP contribution in [0, 0.1) is 5.92 Å². The summed E-state index contributed by atoms with van der Waals surface area (Å²) >= 11 is 0. The van der Waals surface area contributed by atoms with Crippen LogP contribution in [-0.2, 0) is 9.59 Å². The van der Waals surface area contributed by atoms with Crippen LogP contribution in [0.1, 0.15) is 25.7 Å². The van der Waals surface area contributed by atoms with Crippen molar-refractivity contribution in [1.29, 1.82) is 0 Å². The van der Waals surface area contributed by atoms with Gasteiger partial charge in [-0.2, -0.15) is 0 Å². The molecule has 0 spiro atoms. The minimum atomic E-state index is -1.06. The third-order valence-electron chi connectivity index (χ3n) is 2.20. The summed E-state index contributed by atoms with van der Waals surface area (Å²) in [6, 6.07) is 0. The van der Waals surface area contributed by atoms with Gasteiger partial charge in [0, 0.05) is 0 Å². The molecule has 13 heavy (non-hydrogen) atoms. The fourth-order valence-corrected chi connectivity index (χ4v) is 1.56. The van der Waals surface area contributed by atoms with Crippen LogP contribution in [0.15, 0.2) is 11.6 Å². The average molecular weight is 184 g/mol. The molecule has 4 heteroatoms. The van der Waals surface area contributed by atoms with Crippen molar-refractivity contribution in [3.05, 3.63) is 11.6 Å². The quantitative estimate of drug-likeness (QED) is 0.645. The molecule has 0 saturated heterocycles. The van der Waals surface area contributed by atoms with E-state index in [1.54, 1.807) is 0 Å². The summed E-state index contributed by atoms with van der Waals surface area (Å²) in [6.07, 6.45) is 4.09. The molecule has 0 saturated carbocycles. The summed E-state index contributed by atoms with van der Waals surface area (Å²) in [5.41, 5.74) is 0.773. The SMILES string of the molecule is O=C(O)CC(C(=O)O)C1=CCCC1. The number of hydrogen-bond donors (Lipinski definition) is 2. The van der Waals surface area contributed by atoms with Gasteiger partial charge in [-0.3, -0.25) is 9.59 Å². The Morgan fingerprint density at radius 3 is 2.54 bits per heavy atom. The monoisotopic (exact) mass is 184 g/mol. The molecule has 1 aliphatic carbocycles. The molecule has 72 valence electrons. The Hall–Kier alpha value is -1.32. The van der Waals surface area contributed by atoms with Gasteiger partial charge in [-0.25, -0.2) is 0 Å². The summed E-state index contributed by atoms with van der Waals surface area (Å²) in [7, 11) is 0. The molecule has 1 rings (SSSR count). The van der Waals surface area contributed by atoms with Crippen molar-refractivity contribution in [1.82, 2.24) is 0 Å². The molecule has 0 radical (unpaired) electrons. The molecular weight excluding hydrogens is 172 g/mol. The van der Waals surface area contributed by atoms with Crippen LogP contribution in [0.2, 0.25) is 0 Å². The van der Waals surface area contributed by atoms with Crippen LogP contribution in [-0.4, -0.2) is 22.2 Å². The highest BCUT2D eigenvalue weighted by Gasteiger charge is 2.26. The average Bonchev–Trinajstić information content (AvgIpc) is 2.50. The summed E-state index contributed by atoms with van der Waals surface area (Å²) in [5, 5.41) is 17.3. The van der Waals surface area contributed by atoms with Crippen LogP contribution < -0.4 is 0 Å². The predicted octanol–water partition coefficient (Wildman–Crippen LogP) is 1.27. The first-order valence-electron chi connectivity index (χ1n) is 4.25. The van der Waals surface area contributed by atoms with Crippen LogP contribution in [0.25, 0.3) is 0 Å². The van der Waals surface area contributed by atoms with Crippen LogP contribution in [0.5, 0.6) is 0 Å². The van der Waals surface area contributed by atoms with Gasteiger partial charge < -0.3 is 10.2 Å². The maximum Gasteiger partial charge on any atom is 0.311 e. The third-order valence-corrected chi connectivity index (χ3v) is 2.20. The van der Waals surface area contributed by atoms with Gasteiger partial charge in [0.15, 0.2) is 0 Å². The molecule has 1 unspecified atom stereocenters. The van der Waals surface area contributed by atoms with Crippen molar-refractivity contribution in [3.63, 3.8) is 0 Å². The zero-order chi connectivity index (χ0) is 9.84. The fraction of sp³-hybridized carbons (Fsp3) is 0.556. The molecule has 1 atom stereocenters. The van der Waals surface area contributed by atoms with E-state index >= 15 is 0 Å². The van der Waals surface area contributed by atoms with Crippen molar-refractivity contribution in [2.45, 2.75) is 25.7 Å². The van der Waals surface area contributed by atoms with Gasteiger partial charge in [0.05, 0.1) is 12.3 Å². The minimum Gasteiger partial charge on any atom is -0.481 e. The smallest absolute Gasteiger partial charge is 0.311 e. The van der Waals surface area contributed by atoms with Crippen molar-refractivity contribution < 1.29 is 19.8 Å². The standard InChI is InChI=1S/C9H12O4/c10-8(11)5-7(9(12)13)6-3-1-2-4-6/h3,7H,1-2,4-5H2,(H,10,11)(H,12,13). The minimum absolute atomic E-state index is 0.304. The second-order valence-electron chi connectivity index (χ2n) is 3.16. The van der Waals surface area contributed by atoms with Gasteiger partial charge in [0.25, 0.3) is 0 Å². The maximum atomic E-state index is 10.7. The second kappa shape index (κ2) is 4.07. The molecule has 1 aliphatic rings. The first-order valence-corrected chi connectivity index (χ1v) is 4.25. The van der Waals surface area contributed by atoms with E-state index < -0.39 is 17.9 Å². The summed E-state index contributed by atoms with van der Waals surface area (Å²) in [4.78, 5) is 21.1. The lowest BCUT2D eigenvalue weighted by Gasteiger charge is -2.10. The van der Waals surface area contributed by atoms with Gasteiger partial charge >= 0.3 is 11.9 Å². The molecule has 4 nitrogen and oxygen atoms in total. The van der Waals surface area contributed by atoms with E-state index in [4.69, 9.17) is 10.2 Å². The summed E-state index contributed by atoms with van der Waals surface area (Å²) in [6.45, 7) is 0. The second-order valence-corrected chi connectivity index (χ2v) is 3.16. The molecule has 2 N–H and O–H groups in total. The maximum absolute atomic E-state index is 10.7. The molecule has 0 fully saturated rings. The van der Waals surface area contributed by atoms with E-state index in [1.807, 2.05) is 6.08 Å². The van der Waals surface area contributed by atoms with Gasteiger partial charge in [0.1, 0.15) is 0 Å². The highest BCUT2D eigenvalue weighted by atomic mass is 16.4. The van der Waals surface area contributed by atoms with E-state index in [2.05, 4.69) is 0 Å². The number of carboxylic acid groups (broad SMARTS) is 2. The van der Waals surface area contributed by atoms with Gasteiger partial charge in [0.2, 0.25) is 0 Å². The Labute approximate surface area is 75.9 Å². The van der Waals surface area contributed by atoms with E-state index in [1.165, 1.54) is 0 Å². The lowest BCUT2D eigenvalue weighted by molar-refractivity contribution is -0.146. The first-order chi connectivity index (χ1) is 6.11. The first kappa shape index (κ1) is 9.77. The highest BCUT2D eigenvalue weighted by molar-refractivity contribution is 5.80. The Balaban J connectivity index is 2.67. The molecule has 0 heterocycles. The lowest BCUT2D eigenvalue weighted by atomic mass is 9.95. The van der Waals surface area contributed by atoms with Crippen LogP contribution in [0.3, 0.4) is 0 Å².